The zero-order valence-electron chi connectivity index (χ0n) is 7.14. The van der Waals surface area contributed by atoms with Crippen molar-refractivity contribution in [1.82, 2.24) is 0 Å². The van der Waals surface area contributed by atoms with Crippen LogP contribution in [-0.2, 0) is 4.79 Å². The second kappa shape index (κ2) is 4.81. The van der Waals surface area contributed by atoms with Crippen LogP contribution in [0.1, 0.15) is 32.6 Å². The van der Waals surface area contributed by atoms with Crippen molar-refractivity contribution >= 4 is 17.5 Å². The number of hydrogen-bond acceptors (Lipinski definition) is 2. The molecule has 1 rings (SSSR count). The molecule has 64 valence electrons. The third-order valence-electron chi connectivity index (χ3n) is 2.17. The van der Waals surface area contributed by atoms with Gasteiger partial charge in [-0.15, -0.1) is 0 Å². The van der Waals surface area contributed by atoms with Crippen molar-refractivity contribution in [1.29, 1.82) is 0 Å². The zero-order valence-corrected chi connectivity index (χ0v) is 7.95. The molecule has 0 saturated carbocycles. The van der Waals surface area contributed by atoms with Crippen LogP contribution in [0.2, 0.25) is 0 Å². The van der Waals surface area contributed by atoms with Crippen molar-refractivity contribution in [3.8, 4) is 0 Å². The molecule has 2 heteroatoms. The molecule has 0 aromatic heterocycles. The van der Waals surface area contributed by atoms with Gasteiger partial charge in [0.2, 0.25) is 0 Å². The highest BCUT2D eigenvalue weighted by molar-refractivity contribution is 8.00. The van der Waals surface area contributed by atoms with Crippen molar-refractivity contribution in [3.05, 3.63) is 0 Å². The Balaban J connectivity index is 2.10. The standard InChI is InChI=1S/C9H16OS/c1-2-3-4-5-8-6-11-7-9(8)10/h8H,2-7H2,1H3. The maximum absolute atomic E-state index is 11.1. The summed E-state index contributed by atoms with van der Waals surface area (Å²) >= 11 is 1.80. The first-order chi connectivity index (χ1) is 5.34. The lowest BCUT2D eigenvalue weighted by Gasteiger charge is -2.04. The molecule has 0 bridgehead atoms. The highest BCUT2D eigenvalue weighted by Gasteiger charge is 2.23. The molecule has 1 unspecified atom stereocenters. The van der Waals surface area contributed by atoms with Crippen LogP contribution in [0.4, 0.5) is 0 Å². The summed E-state index contributed by atoms with van der Waals surface area (Å²) < 4.78 is 0. The molecule has 0 N–H and O–H groups in total. The number of carbonyl (C=O) groups is 1. The van der Waals surface area contributed by atoms with E-state index in [0.29, 0.717) is 11.7 Å². The lowest BCUT2D eigenvalue weighted by molar-refractivity contribution is -0.119. The van der Waals surface area contributed by atoms with Crippen LogP contribution in [0.25, 0.3) is 0 Å². The fourth-order valence-corrected chi connectivity index (χ4v) is 2.59. The zero-order chi connectivity index (χ0) is 8.10. The first-order valence-electron chi connectivity index (χ1n) is 4.45. The van der Waals surface area contributed by atoms with Gasteiger partial charge in [-0.2, -0.15) is 11.8 Å². The number of ketones is 1. The van der Waals surface area contributed by atoms with Crippen molar-refractivity contribution in [2.75, 3.05) is 11.5 Å². The minimum Gasteiger partial charge on any atom is -0.298 e. The van der Waals surface area contributed by atoms with E-state index in [2.05, 4.69) is 6.92 Å². The van der Waals surface area contributed by atoms with Crippen LogP contribution in [0.15, 0.2) is 0 Å². The topological polar surface area (TPSA) is 17.1 Å². The summed E-state index contributed by atoms with van der Waals surface area (Å²) in [6.45, 7) is 2.20. The summed E-state index contributed by atoms with van der Waals surface area (Å²) in [6, 6.07) is 0. The Bertz CT molecular complexity index is 134. The molecule has 11 heavy (non-hydrogen) atoms. The molecule has 1 aliphatic heterocycles. The van der Waals surface area contributed by atoms with Gasteiger partial charge in [-0.1, -0.05) is 26.2 Å². The third kappa shape index (κ3) is 2.86. The van der Waals surface area contributed by atoms with Crippen LogP contribution >= 0.6 is 11.8 Å². The minimum absolute atomic E-state index is 0.409. The smallest absolute Gasteiger partial charge is 0.146 e. The molecule has 0 aromatic carbocycles. The average Bonchev–Trinajstić information content (AvgIpc) is 2.37. The SMILES string of the molecule is CCCCCC1CSCC1=O. The van der Waals surface area contributed by atoms with E-state index in [9.17, 15) is 4.79 Å². The minimum atomic E-state index is 0.409. The summed E-state index contributed by atoms with van der Waals surface area (Å²) in [5.74, 6) is 2.76. The molecule has 0 radical (unpaired) electrons. The van der Waals surface area contributed by atoms with Gasteiger partial charge >= 0.3 is 0 Å². The maximum Gasteiger partial charge on any atom is 0.146 e. The van der Waals surface area contributed by atoms with Crippen LogP contribution in [-0.4, -0.2) is 17.3 Å². The highest BCUT2D eigenvalue weighted by atomic mass is 32.2. The summed E-state index contributed by atoms with van der Waals surface area (Å²) in [7, 11) is 0. The number of hydrogen-bond donors (Lipinski definition) is 0. The van der Waals surface area contributed by atoms with Crippen LogP contribution in [0.3, 0.4) is 0 Å². The summed E-state index contributed by atoms with van der Waals surface area (Å²) in [6.07, 6.45) is 4.93. The monoisotopic (exact) mass is 172 g/mol. The summed E-state index contributed by atoms with van der Waals surface area (Å²) in [4.78, 5) is 11.1. The quantitative estimate of drug-likeness (QED) is 0.606. The molecule has 0 amide bonds. The van der Waals surface area contributed by atoms with Gasteiger partial charge in [0.25, 0.3) is 0 Å². The fraction of sp³-hybridized carbons (Fsp3) is 0.889. The van der Waals surface area contributed by atoms with Gasteiger partial charge in [0.05, 0.1) is 5.75 Å². The number of Topliss-reactive ketones (excluding diaryl/α,β-unsaturated/α-hetero) is 1. The van der Waals surface area contributed by atoms with Gasteiger partial charge in [-0.05, 0) is 6.42 Å². The Kier molecular flexibility index (Phi) is 3.98. The van der Waals surface area contributed by atoms with E-state index in [4.69, 9.17) is 0 Å². The lowest BCUT2D eigenvalue weighted by atomic mass is 10.00. The van der Waals surface area contributed by atoms with Crippen LogP contribution < -0.4 is 0 Å². The molecule has 1 nitrogen and oxygen atoms in total. The van der Waals surface area contributed by atoms with Crippen molar-refractivity contribution in [3.63, 3.8) is 0 Å². The molecular weight excluding hydrogens is 156 g/mol. The van der Waals surface area contributed by atoms with Gasteiger partial charge in [0.1, 0.15) is 5.78 Å². The van der Waals surface area contributed by atoms with E-state index in [1.807, 2.05) is 0 Å². The summed E-state index contributed by atoms with van der Waals surface area (Å²) in [5, 5.41) is 0. The second-order valence-electron chi connectivity index (χ2n) is 3.17. The Morgan fingerprint density at radius 3 is 2.91 bits per heavy atom. The van der Waals surface area contributed by atoms with Crippen molar-refractivity contribution < 1.29 is 4.79 Å². The average molecular weight is 172 g/mol. The summed E-state index contributed by atoms with van der Waals surface area (Å²) in [5.41, 5.74) is 0. The molecule has 1 fully saturated rings. The number of rotatable bonds is 4. The van der Waals surface area contributed by atoms with E-state index in [-0.39, 0.29) is 0 Å². The van der Waals surface area contributed by atoms with E-state index in [1.165, 1.54) is 19.3 Å². The van der Waals surface area contributed by atoms with E-state index in [1.54, 1.807) is 11.8 Å². The molecule has 1 atom stereocenters. The Morgan fingerprint density at radius 2 is 2.36 bits per heavy atom. The Morgan fingerprint density at radius 1 is 1.55 bits per heavy atom. The van der Waals surface area contributed by atoms with Crippen molar-refractivity contribution in [2.45, 2.75) is 32.6 Å². The number of thioether (sulfide) groups is 1. The predicted molar refractivity (Wildman–Crippen MR) is 50.0 cm³/mol. The first-order valence-corrected chi connectivity index (χ1v) is 5.60. The molecule has 0 aromatic rings. The highest BCUT2D eigenvalue weighted by Crippen LogP contribution is 2.24. The molecule has 1 heterocycles. The molecular formula is C9H16OS. The van der Waals surface area contributed by atoms with Gasteiger partial charge in [-0.3, -0.25) is 4.79 Å². The Labute approximate surface area is 72.9 Å². The van der Waals surface area contributed by atoms with Crippen LogP contribution in [0, 0.1) is 5.92 Å². The van der Waals surface area contributed by atoms with Gasteiger partial charge in [0.15, 0.2) is 0 Å². The van der Waals surface area contributed by atoms with E-state index >= 15 is 0 Å². The number of unbranched alkanes of at least 4 members (excludes halogenated alkanes) is 2. The molecule has 0 aliphatic carbocycles. The van der Waals surface area contributed by atoms with Crippen LogP contribution in [0.5, 0.6) is 0 Å². The largest absolute Gasteiger partial charge is 0.298 e. The van der Waals surface area contributed by atoms with Gasteiger partial charge in [0, 0.05) is 11.7 Å². The normalized spacial score (nSPS) is 24.5. The number of carbonyl (C=O) groups excluding carboxylic acids is 1. The fourth-order valence-electron chi connectivity index (χ4n) is 1.40. The Hall–Kier alpha value is 0.0200. The van der Waals surface area contributed by atoms with Gasteiger partial charge < -0.3 is 0 Å². The second-order valence-corrected chi connectivity index (χ2v) is 4.20. The third-order valence-corrected chi connectivity index (χ3v) is 3.30. The molecule has 0 spiro atoms. The lowest BCUT2D eigenvalue weighted by Crippen LogP contribution is -2.10. The molecule has 1 aliphatic rings. The first kappa shape index (κ1) is 9.11. The van der Waals surface area contributed by atoms with Crippen molar-refractivity contribution in [2.24, 2.45) is 5.92 Å². The van der Waals surface area contributed by atoms with E-state index in [0.717, 1.165) is 17.9 Å². The van der Waals surface area contributed by atoms with Gasteiger partial charge in [-0.25, -0.2) is 0 Å². The maximum atomic E-state index is 11.1. The van der Waals surface area contributed by atoms with E-state index < -0.39 is 0 Å². The predicted octanol–water partition coefficient (Wildman–Crippen LogP) is 2.50. The molecule has 1 saturated heterocycles.